The van der Waals surface area contributed by atoms with Crippen LogP contribution in [-0.4, -0.2) is 9.97 Å². The van der Waals surface area contributed by atoms with Crippen LogP contribution < -0.4 is 10.1 Å². The molecule has 3 aromatic rings. The zero-order valence-corrected chi connectivity index (χ0v) is 15.7. The molecule has 1 N–H and O–H groups in total. The van der Waals surface area contributed by atoms with Crippen LogP contribution in [0.4, 0.5) is 10.9 Å². The second kappa shape index (κ2) is 8.01. The van der Waals surface area contributed by atoms with Gasteiger partial charge in [0, 0.05) is 17.1 Å². The lowest BCUT2D eigenvalue weighted by Crippen LogP contribution is -2.00. The molecular formula is C22H19N3OS. The monoisotopic (exact) mass is 373 g/mol. The Morgan fingerprint density at radius 1 is 1.11 bits per heavy atom. The number of ether oxygens (including phenoxy) is 1. The van der Waals surface area contributed by atoms with Gasteiger partial charge in [0.05, 0.1) is 5.69 Å². The molecule has 4 nitrogen and oxygen atoms in total. The molecule has 134 valence electrons. The Labute approximate surface area is 162 Å². The number of nitrogens with zero attached hydrogens (tertiary/aromatic N) is 2. The SMILES string of the molecule is Cc1csc(Nc2ncc(-c3ccccc3)cc2OC2=CCC=CC=C2)n1. The number of anilines is 2. The highest BCUT2D eigenvalue weighted by atomic mass is 32.1. The van der Waals surface area contributed by atoms with Crippen molar-refractivity contribution < 1.29 is 4.74 Å². The fourth-order valence-electron chi connectivity index (χ4n) is 2.68. The second-order valence-corrected chi connectivity index (χ2v) is 6.95. The van der Waals surface area contributed by atoms with Gasteiger partial charge in [-0.1, -0.05) is 48.6 Å². The molecule has 0 atom stereocenters. The maximum Gasteiger partial charge on any atom is 0.188 e. The third-order valence-corrected chi connectivity index (χ3v) is 4.87. The van der Waals surface area contributed by atoms with Gasteiger partial charge in [0.25, 0.3) is 0 Å². The minimum Gasteiger partial charge on any atom is -0.454 e. The van der Waals surface area contributed by atoms with Gasteiger partial charge in [0.2, 0.25) is 0 Å². The topological polar surface area (TPSA) is 47.0 Å². The molecule has 0 fully saturated rings. The molecule has 1 aliphatic rings. The van der Waals surface area contributed by atoms with Gasteiger partial charge >= 0.3 is 0 Å². The van der Waals surface area contributed by atoms with Crippen molar-refractivity contribution in [2.24, 2.45) is 0 Å². The van der Waals surface area contributed by atoms with Crippen molar-refractivity contribution in [1.82, 2.24) is 9.97 Å². The molecule has 1 aliphatic carbocycles. The number of nitrogens with one attached hydrogen (secondary N) is 1. The summed E-state index contributed by atoms with van der Waals surface area (Å²) in [4.78, 5) is 9.07. The molecule has 0 amide bonds. The van der Waals surface area contributed by atoms with Crippen molar-refractivity contribution in [1.29, 1.82) is 0 Å². The summed E-state index contributed by atoms with van der Waals surface area (Å²) in [5.74, 6) is 2.11. The molecule has 0 spiro atoms. The van der Waals surface area contributed by atoms with Gasteiger partial charge in [-0.25, -0.2) is 9.97 Å². The van der Waals surface area contributed by atoms with E-state index < -0.39 is 0 Å². The van der Waals surface area contributed by atoms with Crippen LogP contribution in [0.2, 0.25) is 0 Å². The Bertz CT molecular complexity index is 1020. The molecular weight excluding hydrogens is 354 g/mol. The minimum atomic E-state index is 0.649. The molecule has 0 saturated heterocycles. The summed E-state index contributed by atoms with van der Waals surface area (Å²) >= 11 is 1.55. The van der Waals surface area contributed by atoms with E-state index in [1.807, 2.05) is 67.1 Å². The van der Waals surface area contributed by atoms with E-state index in [1.165, 1.54) is 0 Å². The predicted molar refractivity (Wildman–Crippen MR) is 111 cm³/mol. The minimum absolute atomic E-state index is 0.649. The zero-order chi connectivity index (χ0) is 18.5. The van der Waals surface area contributed by atoms with Crippen LogP contribution >= 0.6 is 11.3 Å². The molecule has 0 radical (unpaired) electrons. The third kappa shape index (κ3) is 4.33. The van der Waals surface area contributed by atoms with Crippen LogP contribution in [0.3, 0.4) is 0 Å². The quantitative estimate of drug-likeness (QED) is 0.592. The molecule has 5 heteroatoms. The number of pyridine rings is 1. The highest BCUT2D eigenvalue weighted by Crippen LogP contribution is 2.33. The van der Waals surface area contributed by atoms with Crippen molar-refractivity contribution in [2.75, 3.05) is 5.32 Å². The van der Waals surface area contributed by atoms with Crippen LogP contribution in [0.25, 0.3) is 11.1 Å². The summed E-state index contributed by atoms with van der Waals surface area (Å²) < 4.78 is 6.19. The number of thiazole rings is 1. The van der Waals surface area contributed by atoms with Gasteiger partial charge in [-0.2, -0.15) is 0 Å². The first-order chi connectivity index (χ1) is 13.3. The average molecular weight is 373 g/mol. The molecule has 2 heterocycles. The van der Waals surface area contributed by atoms with Gasteiger partial charge in [-0.05, 0) is 37.1 Å². The van der Waals surface area contributed by atoms with Crippen LogP contribution in [0, 0.1) is 6.92 Å². The lowest BCUT2D eigenvalue weighted by Gasteiger charge is -2.13. The van der Waals surface area contributed by atoms with E-state index in [4.69, 9.17) is 4.74 Å². The van der Waals surface area contributed by atoms with E-state index in [0.29, 0.717) is 11.6 Å². The van der Waals surface area contributed by atoms with E-state index in [0.717, 1.165) is 34.1 Å². The lowest BCUT2D eigenvalue weighted by molar-refractivity contribution is 0.443. The summed E-state index contributed by atoms with van der Waals surface area (Å²) in [6, 6.07) is 12.2. The Morgan fingerprint density at radius 3 is 2.81 bits per heavy atom. The molecule has 4 rings (SSSR count). The van der Waals surface area contributed by atoms with Crippen molar-refractivity contribution in [3.05, 3.63) is 89.8 Å². The highest BCUT2D eigenvalue weighted by Gasteiger charge is 2.12. The van der Waals surface area contributed by atoms with Crippen molar-refractivity contribution in [3.63, 3.8) is 0 Å². The first-order valence-corrected chi connectivity index (χ1v) is 9.62. The number of hydrogen-bond acceptors (Lipinski definition) is 5. The van der Waals surface area contributed by atoms with E-state index in [1.54, 1.807) is 11.3 Å². The normalized spacial score (nSPS) is 13.1. The molecule has 0 bridgehead atoms. The van der Waals surface area contributed by atoms with E-state index in [-0.39, 0.29) is 0 Å². The van der Waals surface area contributed by atoms with Crippen molar-refractivity contribution in [2.45, 2.75) is 13.3 Å². The molecule has 0 saturated carbocycles. The fourth-order valence-corrected chi connectivity index (χ4v) is 3.37. The Balaban J connectivity index is 1.69. The average Bonchev–Trinajstić information content (AvgIpc) is 2.94. The van der Waals surface area contributed by atoms with Gasteiger partial charge in [0.1, 0.15) is 5.76 Å². The lowest BCUT2D eigenvalue weighted by atomic mass is 10.1. The summed E-state index contributed by atoms with van der Waals surface area (Å²) in [5, 5.41) is 6.08. The van der Waals surface area contributed by atoms with Gasteiger partial charge in [-0.15, -0.1) is 11.3 Å². The number of allylic oxidation sites excluding steroid dienone is 5. The van der Waals surface area contributed by atoms with E-state index in [2.05, 4.69) is 33.5 Å². The Morgan fingerprint density at radius 2 is 2.00 bits per heavy atom. The molecule has 1 aromatic carbocycles. The molecule has 27 heavy (non-hydrogen) atoms. The van der Waals surface area contributed by atoms with Crippen LogP contribution in [0.15, 0.2) is 84.1 Å². The van der Waals surface area contributed by atoms with Crippen molar-refractivity contribution >= 4 is 22.3 Å². The molecule has 0 aliphatic heterocycles. The summed E-state index contributed by atoms with van der Waals surface area (Å²) in [6.07, 6.45) is 12.8. The molecule has 2 aromatic heterocycles. The fraction of sp³-hybridized carbons (Fsp3) is 0.0909. The van der Waals surface area contributed by atoms with Gasteiger partial charge in [-0.3, -0.25) is 0 Å². The Hall–Kier alpha value is -3.18. The number of rotatable bonds is 5. The number of aromatic nitrogens is 2. The smallest absolute Gasteiger partial charge is 0.188 e. The maximum absolute atomic E-state index is 6.19. The third-order valence-electron chi connectivity index (χ3n) is 3.99. The van der Waals surface area contributed by atoms with Gasteiger partial charge < -0.3 is 10.1 Å². The number of benzene rings is 1. The first-order valence-electron chi connectivity index (χ1n) is 8.74. The van der Waals surface area contributed by atoms with E-state index >= 15 is 0 Å². The largest absolute Gasteiger partial charge is 0.454 e. The summed E-state index contributed by atoms with van der Waals surface area (Å²) in [5.41, 5.74) is 3.08. The number of hydrogen-bond donors (Lipinski definition) is 1. The van der Waals surface area contributed by atoms with Crippen LogP contribution in [0.1, 0.15) is 12.1 Å². The first kappa shape index (κ1) is 17.2. The van der Waals surface area contributed by atoms with E-state index in [9.17, 15) is 0 Å². The predicted octanol–water partition coefficient (Wildman–Crippen LogP) is 6.04. The standard InChI is InChI=1S/C22H19N3OS/c1-16-15-27-22(24-16)25-21-20(26-19-11-7-2-3-8-12-19)13-18(14-23-21)17-9-5-4-6-10-17/h2-7,9-15H,8H2,1H3,(H,23,24,25). The summed E-state index contributed by atoms with van der Waals surface area (Å²) in [7, 11) is 0. The van der Waals surface area contributed by atoms with Crippen molar-refractivity contribution in [3.8, 4) is 16.9 Å². The Kier molecular flexibility index (Phi) is 5.12. The summed E-state index contributed by atoms with van der Waals surface area (Å²) in [6.45, 7) is 1.97. The van der Waals surface area contributed by atoms with Crippen LogP contribution in [-0.2, 0) is 0 Å². The van der Waals surface area contributed by atoms with Gasteiger partial charge in [0.15, 0.2) is 16.7 Å². The van der Waals surface area contributed by atoms with Crippen LogP contribution in [0.5, 0.6) is 5.75 Å². The maximum atomic E-state index is 6.19. The number of aryl methyl sites for hydroxylation is 1. The second-order valence-electron chi connectivity index (χ2n) is 6.09. The highest BCUT2D eigenvalue weighted by molar-refractivity contribution is 7.13. The zero-order valence-electron chi connectivity index (χ0n) is 14.9. The molecule has 0 unspecified atom stereocenters.